The second kappa shape index (κ2) is 9.32. The summed E-state index contributed by atoms with van der Waals surface area (Å²) in [5.74, 6) is 1.36. The molecule has 1 amide bonds. The predicted octanol–water partition coefficient (Wildman–Crippen LogP) is 4.05. The second-order valence-electron chi connectivity index (χ2n) is 6.81. The molecular weight excluding hydrogens is 324 g/mol. The van der Waals surface area contributed by atoms with Crippen LogP contribution >= 0.6 is 0 Å². The molecule has 5 nitrogen and oxygen atoms in total. The van der Waals surface area contributed by atoms with Gasteiger partial charge in [-0.25, -0.2) is 9.97 Å². The van der Waals surface area contributed by atoms with Crippen LogP contribution in [0, 0.1) is 0 Å². The van der Waals surface area contributed by atoms with E-state index in [1.165, 1.54) is 19.3 Å². The quantitative estimate of drug-likeness (QED) is 0.764. The Kier molecular flexibility index (Phi) is 6.58. The number of nitrogens with zero attached hydrogens (tertiary/aromatic N) is 3. The smallest absolute Gasteiger partial charge is 0.270 e. The van der Waals surface area contributed by atoms with E-state index in [1.54, 1.807) is 0 Å². The summed E-state index contributed by atoms with van der Waals surface area (Å²) in [5, 5.41) is 2.99. The van der Waals surface area contributed by atoms with E-state index in [2.05, 4.69) is 22.1 Å². The zero-order valence-corrected chi connectivity index (χ0v) is 15.6. The largest absolute Gasteiger partial charge is 0.356 e. The van der Waals surface area contributed by atoms with Crippen molar-refractivity contribution in [2.75, 3.05) is 24.5 Å². The number of anilines is 1. The van der Waals surface area contributed by atoms with Crippen molar-refractivity contribution in [2.24, 2.45) is 0 Å². The number of nitrogens with one attached hydrogen (secondary N) is 1. The Bertz CT molecular complexity index is 711. The van der Waals surface area contributed by atoms with E-state index >= 15 is 0 Å². The molecule has 0 saturated carbocycles. The third kappa shape index (κ3) is 4.81. The van der Waals surface area contributed by atoms with Gasteiger partial charge in [-0.15, -0.1) is 0 Å². The van der Waals surface area contributed by atoms with Gasteiger partial charge >= 0.3 is 0 Å². The Morgan fingerprint density at radius 1 is 1.08 bits per heavy atom. The number of hydrogen-bond acceptors (Lipinski definition) is 4. The highest BCUT2D eigenvalue weighted by Crippen LogP contribution is 2.23. The van der Waals surface area contributed by atoms with Crippen LogP contribution in [0.1, 0.15) is 55.9 Å². The Balaban J connectivity index is 1.86. The van der Waals surface area contributed by atoms with Gasteiger partial charge in [0.15, 0.2) is 5.82 Å². The van der Waals surface area contributed by atoms with Gasteiger partial charge in [-0.05, 0) is 25.7 Å². The lowest BCUT2D eigenvalue weighted by Crippen LogP contribution is -2.31. The van der Waals surface area contributed by atoms with Crippen molar-refractivity contribution < 1.29 is 4.79 Å². The first kappa shape index (κ1) is 18.4. The number of carbonyl (C=O) groups is 1. The molecule has 26 heavy (non-hydrogen) atoms. The Hall–Kier alpha value is -2.43. The highest BCUT2D eigenvalue weighted by atomic mass is 16.1. The van der Waals surface area contributed by atoms with Gasteiger partial charge < -0.3 is 10.2 Å². The van der Waals surface area contributed by atoms with Crippen molar-refractivity contribution in [3.05, 3.63) is 42.1 Å². The molecule has 0 spiro atoms. The van der Waals surface area contributed by atoms with Crippen molar-refractivity contribution in [2.45, 2.75) is 45.4 Å². The first-order valence-corrected chi connectivity index (χ1v) is 9.75. The lowest BCUT2D eigenvalue weighted by atomic mass is 10.1. The third-order valence-corrected chi connectivity index (χ3v) is 4.72. The molecule has 1 saturated heterocycles. The van der Waals surface area contributed by atoms with E-state index in [-0.39, 0.29) is 5.91 Å². The van der Waals surface area contributed by atoms with Crippen LogP contribution in [-0.2, 0) is 0 Å². The number of aromatic nitrogens is 2. The molecule has 2 heterocycles. The van der Waals surface area contributed by atoms with Crippen molar-refractivity contribution >= 4 is 11.7 Å². The van der Waals surface area contributed by atoms with E-state index < -0.39 is 0 Å². The molecular formula is C21H28N4O. The van der Waals surface area contributed by atoms with E-state index in [1.807, 2.05) is 36.4 Å². The van der Waals surface area contributed by atoms with Crippen LogP contribution < -0.4 is 10.2 Å². The van der Waals surface area contributed by atoms with Crippen LogP contribution in [0.4, 0.5) is 5.82 Å². The number of benzene rings is 1. The molecule has 0 unspecified atom stereocenters. The first-order valence-electron chi connectivity index (χ1n) is 9.75. The topological polar surface area (TPSA) is 58.1 Å². The van der Waals surface area contributed by atoms with Gasteiger partial charge in [-0.2, -0.15) is 0 Å². The minimum Gasteiger partial charge on any atom is -0.356 e. The molecule has 1 aliphatic rings. The molecule has 5 heteroatoms. The maximum absolute atomic E-state index is 12.6. The van der Waals surface area contributed by atoms with Gasteiger partial charge in [0, 0.05) is 31.3 Å². The molecule has 3 rings (SSSR count). The molecule has 0 bridgehead atoms. The minimum absolute atomic E-state index is 0.112. The summed E-state index contributed by atoms with van der Waals surface area (Å²) in [4.78, 5) is 24.2. The fourth-order valence-electron chi connectivity index (χ4n) is 3.22. The number of hydrogen-bond donors (Lipinski definition) is 1. The maximum Gasteiger partial charge on any atom is 0.270 e. The molecule has 1 N–H and O–H groups in total. The van der Waals surface area contributed by atoms with Crippen LogP contribution in [0.3, 0.4) is 0 Å². The predicted molar refractivity (Wildman–Crippen MR) is 105 cm³/mol. The van der Waals surface area contributed by atoms with Crippen LogP contribution in [-0.4, -0.2) is 35.5 Å². The molecule has 1 aromatic heterocycles. The van der Waals surface area contributed by atoms with Gasteiger partial charge in [0.05, 0.1) is 0 Å². The number of rotatable bonds is 7. The average molecular weight is 352 g/mol. The minimum atomic E-state index is -0.112. The number of piperidine rings is 1. The van der Waals surface area contributed by atoms with E-state index in [0.717, 1.165) is 43.7 Å². The van der Waals surface area contributed by atoms with Crippen molar-refractivity contribution in [3.8, 4) is 11.4 Å². The van der Waals surface area contributed by atoms with Gasteiger partial charge in [-0.3, -0.25) is 4.79 Å². The fourth-order valence-corrected chi connectivity index (χ4v) is 3.22. The summed E-state index contributed by atoms with van der Waals surface area (Å²) in [7, 11) is 0. The van der Waals surface area contributed by atoms with E-state index in [0.29, 0.717) is 18.1 Å². The summed E-state index contributed by atoms with van der Waals surface area (Å²) in [6, 6.07) is 11.7. The van der Waals surface area contributed by atoms with Crippen molar-refractivity contribution in [3.63, 3.8) is 0 Å². The lowest BCUT2D eigenvalue weighted by Gasteiger charge is -2.28. The lowest BCUT2D eigenvalue weighted by molar-refractivity contribution is 0.0948. The normalized spacial score (nSPS) is 14.3. The zero-order chi connectivity index (χ0) is 18.2. The van der Waals surface area contributed by atoms with Crippen LogP contribution in [0.2, 0.25) is 0 Å². The number of unbranched alkanes of at least 4 members (excludes halogenated alkanes) is 2. The number of amides is 1. The highest BCUT2D eigenvalue weighted by molar-refractivity contribution is 5.93. The highest BCUT2D eigenvalue weighted by Gasteiger charge is 2.18. The number of carbonyl (C=O) groups excluding carboxylic acids is 1. The second-order valence-corrected chi connectivity index (χ2v) is 6.81. The Morgan fingerprint density at radius 2 is 1.85 bits per heavy atom. The molecule has 1 fully saturated rings. The summed E-state index contributed by atoms with van der Waals surface area (Å²) in [6.07, 6.45) is 6.86. The van der Waals surface area contributed by atoms with Crippen LogP contribution in [0.25, 0.3) is 11.4 Å². The molecule has 1 aliphatic heterocycles. The van der Waals surface area contributed by atoms with E-state index in [4.69, 9.17) is 4.98 Å². The van der Waals surface area contributed by atoms with Gasteiger partial charge in [0.2, 0.25) is 0 Å². The molecule has 0 aliphatic carbocycles. The van der Waals surface area contributed by atoms with Crippen LogP contribution in [0.5, 0.6) is 0 Å². The summed E-state index contributed by atoms with van der Waals surface area (Å²) in [5.41, 5.74) is 1.39. The Morgan fingerprint density at radius 3 is 2.58 bits per heavy atom. The first-order chi connectivity index (χ1) is 12.8. The fraction of sp³-hybridized carbons (Fsp3) is 0.476. The summed E-state index contributed by atoms with van der Waals surface area (Å²) >= 11 is 0. The Labute approximate surface area is 155 Å². The van der Waals surface area contributed by atoms with Gasteiger partial charge in [0.25, 0.3) is 5.91 Å². The SMILES string of the molecule is CCCCCNC(=O)c1cc(N2CCCCC2)nc(-c2ccccc2)n1. The van der Waals surface area contributed by atoms with E-state index in [9.17, 15) is 4.79 Å². The zero-order valence-electron chi connectivity index (χ0n) is 15.6. The van der Waals surface area contributed by atoms with Crippen molar-refractivity contribution in [1.82, 2.24) is 15.3 Å². The van der Waals surface area contributed by atoms with Crippen LogP contribution in [0.15, 0.2) is 36.4 Å². The average Bonchev–Trinajstić information content (AvgIpc) is 2.72. The molecule has 0 atom stereocenters. The standard InChI is InChI=1S/C21H28N4O/c1-2-3-8-13-22-21(26)18-16-19(25-14-9-5-10-15-25)24-20(23-18)17-11-6-4-7-12-17/h4,6-7,11-12,16H,2-3,5,8-10,13-15H2,1H3,(H,22,26). The molecule has 2 aromatic rings. The van der Waals surface area contributed by atoms with Crippen molar-refractivity contribution in [1.29, 1.82) is 0 Å². The maximum atomic E-state index is 12.6. The molecule has 1 aromatic carbocycles. The monoisotopic (exact) mass is 352 g/mol. The third-order valence-electron chi connectivity index (χ3n) is 4.72. The van der Waals surface area contributed by atoms with Gasteiger partial charge in [0.1, 0.15) is 11.5 Å². The molecule has 0 radical (unpaired) electrons. The summed E-state index contributed by atoms with van der Waals surface area (Å²) < 4.78 is 0. The van der Waals surface area contributed by atoms with Gasteiger partial charge in [-0.1, -0.05) is 50.1 Å². The molecule has 138 valence electrons. The summed E-state index contributed by atoms with van der Waals surface area (Å²) in [6.45, 7) is 4.82.